The molecule has 5 heteroatoms. The third-order valence-electron chi connectivity index (χ3n) is 4.36. The molecule has 26 heavy (non-hydrogen) atoms. The molecule has 0 aromatic heterocycles. The maximum Gasteiger partial charge on any atom is 0.410 e. The van der Waals surface area contributed by atoms with Crippen LogP contribution in [0.3, 0.4) is 0 Å². The fourth-order valence-corrected chi connectivity index (χ4v) is 3.09. The smallest absolute Gasteiger partial charge is 0.410 e. The first kappa shape index (κ1) is 20.5. The van der Waals surface area contributed by atoms with Gasteiger partial charge in [0.2, 0.25) is 0 Å². The number of aliphatic hydroxyl groups excluding tert-OH is 1. The average molecular weight is 420 g/mol. The molecule has 2 aromatic carbocycles. The summed E-state index contributed by atoms with van der Waals surface area (Å²) in [6, 6.07) is 20.0. The number of carbonyl (C=O) groups excluding carboxylic acids is 1. The van der Waals surface area contributed by atoms with Crippen LogP contribution in [-0.4, -0.2) is 35.4 Å². The molecule has 0 radical (unpaired) electrons. The predicted molar refractivity (Wildman–Crippen MR) is 107 cm³/mol. The molecule has 1 aliphatic heterocycles. The van der Waals surface area contributed by atoms with Gasteiger partial charge in [0, 0.05) is 24.0 Å². The quantitative estimate of drug-likeness (QED) is 0.725. The molecule has 1 N–H and O–H groups in total. The monoisotopic (exact) mass is 419 g/mol. The van der Waals surface area contributed by atoms with Crippen LogP contribution in [0.1, 0.15) is 37.8 Å². The summed E-state index contributed by atoms with van der Waals surface area (Å²) in [6.07, 6.45) is 1.94. The molecule has 1 heterocycles. The molecule has 0 saturated carbocycles. The van der Waals surface area contributed by atoms with Crippen molar-refractivity contribution in [2.24, 2.45) is 0 Å². The van der Waals surface area contributed by atoms with Gasteiger partial charge in [0.25, 0.3) is 0 Å². The highest BCUT2D eigenvalue weighted by atomic mass is 79.9. The minimum atomic E-state index is -0.255. The molecule has 4 nitrogen and oxygen atoms in total. The van der Waals surface area contributed by atoms with Crippen LogP contribution < -0.4 is 0 Å². The zero-order valence-corrected chi connectivity index (χ0v) is 16.6. The van der Waals surface area contributed by atoms with Crippen LogP contribution in [0.15, 0.2) is 65.1 Å². The SMILES string of the molecule is CC(c1ccc(Br)cc1)N1CCC(CCCO)OC1=O.c1ccccc1. The van der Waals surface area contributed by atoms with E-state index < -0.39 is 0 Å². The maximum absolute atomic E-state index is 12.1. The van der Waals surface area contributed by atoms with Gasteiger partial charge in [0.1, 0.15) is 6.10 Å². The predicted octanol–water partition coefficient (Wildman–Crippen LogP) is 5.18. The van der Waals surface area contributed by atoms with Crippen molar-refractivity contribution in [3.05, 3.63) is 70.7 Å². The number of cyclic esters (lactones) is 1. The second-order valence-corrected chi connectivity index (χ2v) is 7.15. The lowest BCUT2D eigenvalue weighted by molar-refractivity contribution is 0.00760. The van der Waals surface area contributed by atoms with Gasteiger partial charge in [-0.1, -0.05) is 64.5 Å². The lowest BCUT2D eigenvalue weighted by Crippen LogP contribution is -2.43. The molecule has 1 fully saturated rings. The Morgan fingerprint density at radius 1 is 1.15 bits per heavy atom. The summed E-state index contributed by atoms with van der Waals surface area (Å²) in [5.74, 6) is 0. The van der Waals surface area contributed by atoms with E-state index in [9.17, 15) is 4.79 Å². The van der Waals surface area contributed by atoms with E-state index in [2.05, 4.69) is 15.9 Å². The van der Waals surface area contributed by atoms with Gasteiger partial charge in [-0.25, -0.2) is 4.79 Å². The van der Waals surface area contributed by atoms with Crippen molar-refractivity contribution in [2.45, 2.75) is 38.3 Å². The zero-order valence-electron chi connectivity index (χ0n) is 15.1. The number of benzene rings is 2. The Labute approximate surface area is 163 Å². The van der Waals surface area contributed by atoms with E-state index in [0.717, 1.165) is 22.9 Å². The van der Waals surface area contributed by atoms with E-state index >= 15 is 0 Å². The summed E-state index contributed by atoms with van der Waals surface area (Å²) in [4.78, 5) is 13.8. The molecular weight excluding hydrogens is 394 g/mol. The summed E-state index contributed by atoms with van der Waals surface area (Å²) in [5.41, 5.74) is 1.10. The Bertz CT molecular complexity index is 621. The van der Waals surface area contributed by atoms with Gasteiger partial charge < -0.3 is 14.7 Å². The Balaban J connectivity index is 0.000000342. The molecule has 1 amide bonds. The Morgan fingerprint density at radius 3 is 2.23 bits per heavy atom. The number of hydrogen-bond acceptors (Lipinski definition) is 3. The van der Waals surface area contributed by atoms with Crippen molar-refractivity contribution in [3.63, 3.8) is 0 Å². The third kappa shape index (κ3) is 6.46. The number of rotatable bonds is 5. The maximum atomic E-state index is 12.1. The summed E-state index contributed by atoms with van der Waals surface area (Å²) in [5, 5.41) is 8.82. The van der Waals surface area contributed by atoms with Crippen molar-refractivity contribution >= 4 is 22.0 Å². The normalized spacial score (nSPS) is 17.7. The van der Waals surface area contributed by atoms with E-state index in [4.69, 9.17) is 9.84 Å². The van der Waals surface area contributed by atoms with E-state index in [1.165, 1.54) is 0 Å². The molecule has 3 rings (SSSR count). The number of nitrogens with zero attached hydrogens (tertiary/aromatic N) is 1. The molecule has 2 aromatic rings. The van der Waals surface area contributed by atoms with Crippen LogP contribution >= 0.6 is 15.9 Å². The van der Waals surface area contributed by atoms with Crippen LogP contribution in [0.5, 0.6) is 0 Å². The number of ether oxygens (including phenoxy) is 1. The number of aliphatic hydroxyl groups is 1. The van der Waals surface area contributed by atoms with Crippen molar-refractivity contribution in [3.8, 4) is 0 Å². The van der Waals surface area contributed by atoms with Crippen LogP contribution in [0, 0.1) is 0 Å². The lowest BCUT2D eigenvalue weighted by Gasteiger charge is -2.35. The third-order valence-corrected chi connectivity index (χ3v) is 4.89. The van der Waals surface area contributed by atoms with Gasteiger partial charge >= 0.3 is 6.09 Å². The molecule has 0 bridgehead atoms. The number of halogens is 1. The lowest BCUT2D eigenvalue weighted by atomic mass is 10.0. The van der Waals surface area contributed by atoms with Crippen molar-refractivity contribution < 1.29 is 14.6 Å². The summed E-state index contributed by atoms with van der Waals surface area (Å²) >= 11 is 3.41. The molecule has 1 saturated heterocycles. The van der Waals surface area contributed by atoms with E-state index in [-0.39, 0.29) is 24.8 Å². The molecule has 1 aliphatic rings. The van der Waals surface area contributed by atoms with Crippen molar-refractivity contribution in [2.75, 3.05) is 13.2 Å². The second kappa shape index (κ2) is 11.0. The highest BCUT2D eigenvalue weighted by Gasteiger charge is 2.30. The summed E-state index contributed by atoms with van der Waals surface area (Å²) in [6.45, 7) is 2.86. The topological polar surface area (TPSA) is 49.8 Å². The largest absolute Gasteiger partial charge is 0.446 e. The van der Waals surface area contributed by atoms with Gasteiger partial charge in [-0.2, -0.15) is 0 Å². The minimum Gasteiger partial charge on any atom is -0.446 e. The van der Waals surface area contributed by atoms with Crippen molar-refractivity contribution in [1.29, 1.82) is 0 Å². The molecule has 2 unspecified atom stereocenters. The molecule has 0 aliphatic carbocycles. The highest BCUT2D eigenvalue weighted by molar-refractivity contribution is 9.10. The van der Waals surface area contributed by atoms with Gasteiger partial charge in [-0.05, 0) is 37.5 Å². The Morgan fingerprint density at radius 2 is 1.73 bits per heavy atom. The zero-order chi connectivity index (χ0) is 18.8. The second-order valence-electron chi connectivity index (χ2n) is 6.24. The van der Waals surface area contributed by atoms with Crippen LogP contribution in [-0.2, 0) is 4.74 Å². The molecule has 0 spiro atoms. The number of amides is 1. The van der Waals surface area contributed by atoms with E-state index in [1.807, 2.05) is 67.6 Å². The van der Waals surface area contributed by atoms with Gasteiger partial charge in [0.15, 0.2) is 0 Å². The van der Waals surface area contributed by atoms with Crippen LogP contribution in [0.25, 0.3) is 0 Å². The molecular formula is C21H26BrNO3. The van der Waals surface area contributed by atoms with Crippen LogP contribution in [0.4, 0.5) is 4.79 Å². The number of hydrogen-bond donors (Lipinski definition) is 1. The molecule has 140 valence electrons. The molecule has 2 atom stereocenters. The fourth-order valence-electron chi connectivity index (χ4n) is 2.82. The van der Waals surface area contributed by atoms with E-state index in [0.29, 0.717) is 13.0 Å². The average Bonchev–Trinajstić information content (AvgIpc) is 2.68. The summed E-state index contributed by atoms with van der Waals surface area (Å²) in [7, 11) is 0. The minimum absolute atomic E-state index is 0.00870. The first-order valence-corrected chi connectivity index (χ1v) is 9.74. The number of carbonyl (C=O) groups is 1. The van der Waals surface area contributed by atoms with Gasteiger partial charge in [0.05, 0.1) is 6.04 Å². The standard InChI is InChI=1S/C15H20BrNO3.C6H6/c1-11(12-4-6-13(16)7-5-12)17-9-8-14(3-2-10-18)20-15(17)19;1-2-4-6-5-3-1/h4-7,11,14,18H,2-3,8-10H2,1H3;1-6H. The fraction of sp³-hybridized carbons (Fsp3) is 0.381. The van der Waals surface area contributed by atoms with E-state index in [1.54, 1.807) is 4.90 Å². The first-order chi connectivity index (χ1) is 12.6. The van der Waals surface area contributed by atoms with Gasteiger partial charge in [-0.15, -0.1) is 0 Å². The Hall–Kier alpha value is -1.85. The van der Waals surface area contributed by atoms with Crippen molar-refractivity contribution in [1.82, 2.24) is 4.90 Å². The van der Waals surface area contributed by atoms with Gasteiger partial charge in [-0.3, -0.25) is 0 Å². The van der Waals surface area contributed by atoms with Crippen LogP contribution in [0.2, 0.25) is 0 Å². The first-order valence-electron chi connectivity index (χ1n) is 8.95. The highest BCUT2D eigenvalue weighted by Crippen LogP contribution is 2.27. The Kier molecular flexibility index (Phi) is 8.65. The summed E-state index contributed by atoms with van der Waals surface area (Å²) < 4.78 is 6.46.